The molecule has 0 spiro atoms. The van der Waals surface area contributed by atoms with Crippen molar-refractivity contribution in [2.45, 2.75) is 25.0 Å². The highest BCUT2D eigenvalue weighted by Gasteiger charge is 2.39. The molecule has 2 heterocycles. The van der Waals surface area contributed by atoms with Crippen molar-refractivity contribution in [1.82, 2.24) is 9.97 Å². The SMILES string of the molecule is CC1OCCC1(O)CNc1cncc(Cl)n1. The lowest BCUT2D eigenvalue weighted by molar-refractivity contribution is -0.0176. The second-order valence-electron chi connectivity index (χ2n) is 3.95. The molecule has 1 aliphatic rings. The third-order valence-corrected chi connectivity index (χ3v) is 3.02. The minimum Gasteiger partial charge on any atom is -0.385 e. The topological polar surface area (TPSA) is 67.3 Å². The van der Waals surface area contributed by atoms with Crippen LogP contribution in [-0.4, -0.2) is 39.9 Å². The van der Waals surface area contributed by atoms with Crippen molar-refractivity contribution in [3.63, 3.8) is 0 Å². The van der Waals surface area contributed by atoms with Gasteiger partial charge in [-0.15, -0.1) is 0 Å². The third kappa shape index (κ3) is 2.42. The summed E-state index contributed by atoms with van der Waals surface area (Å²) < 4.78 is 5.33. The van der Waals surface area contributed by atoms with E-state index in [9.17, 15) is 5.11 Å². The quantitative estimate of drug-likeness (QED) is 0.832. The average Bonchev–Trinajstić information content (AvgIpc) is 2.58. The van der Waals surface area contributed by atoms with Crippen LogP contribution in [-0.2, 0) is 4.74 Å². The Morgan fingerprint density at radius 2 is 2.50 bits per heavy atom. The summed E-state index contributed by atoms with van der Waals surface area (Å²) in [4.78, 5) is 7.93. The van der Waals surface area contributed by atoms with E-state index in [0.717, 1.165) is 0 Å². The first-order valence-electron chi connectivity index (χ1n) is 5.15. The van der Waals surface area contributed by atoms with Gasteiger partial charge in [-0.05, 0) is 6.92 Å². The highest BCUT2D eigenvalue weighted by molar-refractivity contribution is 6.29. The zero-order chi connectivity index (χ0) is 11.6. The molecule has 16 heavy (non-hydrogen) atoms. The van der Waals surface area contributed by atoms with Gasteiger partial charge in [0.15, 0.2) is 0 Å². The number of halogens is 1. The van der Waals surface area contributed by atoms with E-state index in [1.165, 1.54) is 6.20 Å². The molecule has 2 unspecified atom stereocenters. The van der Waals surface area contributed by atoms with E-state index >= 15 is 0 Å². The zero-order valence-corrected chi connectivity index (χ0v) is 9.74. The van der Waals surface area contributed by atoms with Gasteiger partial charge in [-0.1, -0.05) is 11.6 Å². The van der Waals surface area contributed by atoms with Gasteiger partial charge in [0.05, 0.1) is 18.5 Å². The Labute approximate surface area is 98.8 Å². The predicted octanol–water partition coefficient (Wildman–Crippen LogP) is 1.08. The molecule has 0 bridgehead atoms. The molecule has 0 aliphatic carbocycles. The van der Waals surface area contributed by atoms with Gasteiger partial charge in [0.1, 0.15) is 16.6 Å². The number of aromatic nitrogens is 2. The molecule has 2 atom stereocenters. The number of aliphatic hydroxyl groups is 1. The molecule has 2 N–H and O–H groups in total. The van der Waals surface area contributed by atoms with E-state index in [2.05, 4.69) is 15.3 Å². The number of ether oxygens (including phenoxy) is 1. The molecule has 6 heteroatoms. The van der Waals surface area contributed by atoms with E-state index in [4.69, 9.17) is 16.3 Å². The number of rotatable bonds is 3. The zero-order valence-electron chi connectivity index (χ0n) is 8.98. The highest BCUT2D eigenvalue weighted by Crippen LogP contribution is 2.25. The lowest BCUT2D eigenvalue weighted by Gasteiger charge is -2.26. The molecule has 1 saturated heterocycles. The Bertz CT molecular complexity index is 377. The minimum atomic E-state index is -0.843. The van der Waals surface area contributed by atoms with Crippen LogP contribution in [0.25, 0.3) is 0 Å². The van der Waals surface area contributed by atoms with Gasteiger partial charge < -0.3 is 15.2 Å². The van der Waals surface area contributed by atoms with E-state index in [-0.39, 0.29) is 6.10 Å². The number of hydrogen-bond acceptors (Lipinski definition) is 5. The Hall–Kier alpha value is -0.910. The maximum absolute atomic E-state index is 10.2. The van der Waals surface area contributed by atoms with Crippen molar-refractivity contribution in [2.75, 3.05) is 18.5 Å². The van der Waals surface area contributed by atoms with Gasteiger partial charge in [0, 0.05) is 19.6 Å². The molecular weight excluding hydrogens is 230 g/mol. The third-order valence-electron chi connectivity index (χ3n) is 2.84. The van der Waals surface area contributed by atoms with Crippen LogP contribution in [0.2, 0.25) is 5.15 Å². The fraction of sp³-hybridized carbons (Fsp3) is 0.600. The molecular formula is C10H14ClN3O2. The Morgan fingerprint density at radius 1 is 1.69 bits per heavy atom. The second kappa shape index (κ2) is 4.53. The first-order chi connectivity index (χ1) is 7.60. The van der Waals surface area contributed by atoms with Crippen LogP contribution in [0.4, 0.5) is 5.82 Å². The largest absolute Gasteiger partial charge is 0.385 e. The van der Waals surface area contributed by atoms with E-state index in [1.807, 2.05) is 6.92 Å². The van der Waals surface area contributed by atoms with Crippen LogP contribution in [0.5, 0.6) is 0 Å². The Morgan fingerprint density at radius 3 is 3.12 bits per heavy atom. The summed E-state index contributed by atoms with van der Waals surface area (Å²) in [6.07, 6.45) is 3.47. The van der Waals surface area contributed by atoms with Crippen LogP contribution >= 0.6 is 11.6 Å². The maximum Gasteiger partial charge on any atom is 0.149 e. The van der Waals surface area contributed by atoms with Crippen LogP contribution < -0.4 is 5.32 Å². The molecule has 0 radical (unpaired) electrons. The molecule has 1 aromatic rings. The maximum atomic E-state index is 10.2. The molecule has 1 aromatic heterocycles. The van der Waals surface area contributed by atoms with E-state index < -0.39 is 5.60 Å². The summed E-state index contributed by atoms with van der Waals surface area (Å²) in [6, 6.07) is 0. The monoisotopic (exact) mass is 243 g/mol. The summed E-state index contributed by atoms with van der Waals surface area (Å²) in [7, 11) is 0. The van der Waals surface area contributed by atoms with Crippen LogP contribution in [0.3, 0.4) is 0 Å². The molecule has 0 aromatic carbocycles. The van der Waals surface area contributed by atoms with Crippen molar-refractivity contribution >= 4 is 17.4 Å². The summed E-state index contributed by atoms with van der Waals surface area (Å²) in [5.41, 5.74) is -0.843. The molecule has 2 rings (SSSR count). The lowest BCUT2D eigenvalue weighted by atomic mass is 9.97. The minimum absolute atomic E-state index is 0.174. The number of anilines is 1. The molecule has 0 saturated carbocycles. The molecule has 5 nitrogen and oxygen atoms in total. The summed E-state index contributed by atoms with van der Waals surface area (Å²) in [6.45, 7) is 2.82. The average molecular weight is 244 g/mol. The van der Waals surface area contributed by atoms with Gasteiger partial charge in [-0.3, -0.25) is 4.98 Å². The van der Waals surface area contributed by atoms with Crippen LogP contribution in [0, 0.1) is 0 Å². The summed E-state index contributed by atoms with van der Waals surface area (Å²) in [5.74, 6) is 0.556. The predicted molar refractivity (Wildman–Crippen MR) is 60.5 cm³/mol. The van der Waals surface area contributed by atoms with Gasteiger partial charge in [0.25, 0.3) is 0 Å². The molecule has 1 aliphatic heterocycles. The first kappa shape index (κ1) is 11.6. The van der Waals surface area contributed by atoms with Crippen LogP contribution in [0.1, 0.15) is 13.3 Å². The second-order valence-corrected chi connectivity index (χ2v) is 4.33. The Balaban J connectivity index is 1.97. The lowest BCUT2D eigenvalue weighted by Crippen LogP contribution is -2.43. The first-order valence-corrected chi connectivity index (χ1v) is 5.53. The van der Waals surface area contributed by atoms with E-state index in [1.54, 1.807) is 6.20 Å². The Kier molecular flexibility index (Phi) is 3.28. The van der Waals surface area contributed by atoms with Gasteiger partial charge in [-0.2, -0.15) is 0 Å². The van der Waals surface area contributed by atoms with Crippen LogP contribution in [0.15, 0.2) is 12.4 Å². The number of nitrogens with one attached hydrogen (secondary N) is 1. The summed E-state index contributed by atoms with van der Waals surface area (Å²) >= 11 is 5.70. The van der Waals surface area contributed by atoms with Crippen molar-refractivity contribution in [2.24, 2.45) is 0 Å². The van der Waals surface area contributed by atoms with Crippen molar-refractivity contribution in [1.29, 1.82) is 0 Å². The van der Waals surface area contributed by atoms with Gasteiger partial charge >= 0.3 is 0 Å². The number of hydrogen-bond donors (Lipinski definition) is 2. The number of nitrogens with zero attached hydrogens (tertiary/aromatic N) is 2. The van der Waals surface area contributed by atoms with Gasteiger partial charge in [0.2, 0.25) is 0 Å². The summed E-state index contributed by atoms with van der Waals surface area (Å²) in [5, 5.41) is 13.6. The molecule has 0 amide bonds. The fourth-order valence-corrected chi connectivity index (χ4v) is 1.82. The van der Waals surface area contributed by atoms with Crippen molar-refractivity contribution < 1.29 is 9.84 Å². The highest BCUT2D eigenvalue weighted by atomic mass is 35.5. The fourth-order valence-electron chi connectivity index (χ4n) is 1.67. The molecule has 1 fully saturated rings. The van der Waals surface area contributed by atoms with E-state index in [0.29, 0.717) is 30.5 Å². The normalized spacial score (nSPS) is 29.3. The van der Waals surface area contributed by atoms with Crippen molar-refractivity contribution in [3.05, 3.63) is 17.5 Å². The van der Waals surface area contributed by atoms with Crippen molar-refractivity contribution in [3.8, 4) is 0 Å². The smallest absolute Gasteiger partial charge is 0.149 e. The van der Waals surface area contributed by atoms with Gasteiger partial charge in [-0.25, -0.2) is 4.98 Å². The standard InChI is InChI=1S/C10H14ClN3O2/c1-7-10(15,2-3-16-7)6-13-9-5-12-4-8(11)14-9/h4-5,7,15H,2-3,6H2,1H3,(H,13,14). The molecule has 88 valence electrons.